The first-order chi connectivity index (χ1) is 15.7. The molecule has 32 heavy (non-hydrogen) atoms. The molecule has 0 bridgehead atoms. The van der Waals surface area contributed by atoms with Gasteiger partial charge in [-0.15, -0.1) is 0 Å². The fourth-order valence-corrected chi connectivity index (χ4v) is 4.55. The Bertz CT molecular complexity index is 1230. The fourth-order valence-electron chi connectivity index (χ4n) is 4.55. The fraction of sp³-hybridized carbons (Fsp3) is 0.346. The average molecular weight is 431 g/mol. The molecular formula is C26H27FN4O. The van der Waals surface area contributed by atoms with E-state index in [2.05, 4.69) is 32.1 Å². The summed E-state index contributed by atoms with van der Waals surface area (Å²) in [7, 11) is 0. The van der Waals surface area contributed by atoms with E-state index in [4.69, 9.17) is 4.74 Å². The lowest BCUT2D eigenvalue weighted by atomic mass is 9.91. The molecule has 0 radical (unpaired) electrons. The van der Waals surface area contributed by atoms with Crippen molar-refractivity contribution in [3.63, 3.8) is 0 Å². The summed E-state index contributed by atoms with van der Waals surface area (Å²) in [4.78, 5) is 16.5. The van der Waals surface area contributed by atoms with E-state index in [-0.39, 0.29) is 0 Å². The van der Waals surface area contributed by atoms with Crippen LogP contribution in [0.2, 0.25) is 0 Å². The van der Waals surface area contributed by atoms with Crippen LogP contribution in [0.1, 0.15) is 52.4 Å². The van der Waals surface area contributed by atoms with Crippen LogP contribution in [0.5, 0.6) is 0 Å². The molecule has 0 aromatic carbocycles. The van der Waals surface area contributed by atoms with Crippen LogP contribution in [0.15, 0.2) is 48.9 Å². The summed E-state index contributed by atoms with van der Waals surface area (Å²) in [5, 5.41) is 1.03. The second kappa shape index (κ2) is 9.17. The summed E-state index contributed by atoms with van der Waals surface area (Å²) in [5.74, 6) is 0.0506. The van der Waals surface area contributed by atoms with Crippen LogP contribution >= 0.6 is 0 Å². The zero-order valence-electron chi connectivity index (χ0n) is 18.3. The van der Waals surface area contributed by atoms with Crippen molar-refractivity contribution in [1.29, 1.82) is 0 Å². The van der Waals surface area contributed by atoms with Crippen molar-refractivity contribution in [2.24, 2.45) is 0 Å². The number of aromatic amines is 1. The van der Waals surface area contributed by atoms with Crippen LogP contribution in [0.3, 0.4) is 0 Å². The minimum absolute atomic E-state index is 0.395. The Morgan fingerprint density at radius 2 is 1.94 bits per heavy atom. The number of ether oxygens (including phenoxy) is 1. The van der Waals surface area contributed by atoms with E-state index in [1.165, 1.54) is 5.56 Å². The van der Waals surface area contributed by atoms with Crippen LogP contribution in [-0.2, 0) is 24.0 Å². The molecule has 0 spiro atoms. The molecule has 0 amide bonds. The number of aromatic nitrogens is 4. The normalized spacial score (nSPS) is 14.8. The molecule has 6 heteroatoms. The van der Waals surface area contributed by atoms with Crippen LogP contribution in [-0.4, -0.2) is 33.1 Å². The highest BCUT2D eigenvalue weighted by atomic mass is 19.1. The van der Waals surface area contributed by atoms with Gasteiger partial charge in [0.2, 0.25) is 5.95 Å². The average Bonchev–Trinajstić information content (AvgIpc) is 3.22. The number of rotatable bonds is 6. The molecular weight excluding hydrogens is 403 g/mol. The Labute approximate surface area is 187 Å². The SMILES string of the molecule is Cc1cnc2[nH]cc(Cc3ccc(CCc4cccnc4C4CCOCC4)nc3F)c2c1. The molecule has 1 aliphatic heterocycles. The van der Waals surface area contributed by atoms with Gasteiger partial charge in [0.05, 0.1) is 0 Å². The van der Waals surface area contributed by atoms with Crippen molar-refractivity contribution in [2.45, 2.75) is 44.9 Å². The highest BCUT2D eigenvalue weighted by Gasteiger charge is 2.20. The second-order valence-corrected chi connectivity index (χ2v) is 8.59. The third-order valence-electron chi connectivity index (χ3n) is 6.30. The van der Waals surface area contributed by atoms with Gasteiger partial charge in [-0.3, -0.25) is 4.98 Å². The number of nitrogens with zero attached hydrogens (tertiary/aromatic N) is 3. The van der Waals surface area contributed by atoms with Gasteiger partial charge in [0.15, 0.2) is 0 Å². The van der Waals surface area contributed by atoms with E-state index in [0.29, 0.717) is 24.3 Å². The monoisotopic (exact) mass is 430 g/mol. The third-order valence-corrected chi connectivity index (χ3v) is 6.30. The van der Waals surface area contributed by atoms with Gasteiger partial charge in [-0.1, -0.05) is 12.1 Å². The number of aryl methyl sites for hydroxylation is 3. The number of hydrogen-bond donors (Lipinski definition) is 1. The van der Waals surface area contributed by atoms with E-state index in [0.717, 1.165) is 66.0 Å². The number of halogens is 1. The van der Waals surface area contributed by atoms with Crippen molar-refractivity contribution in [3.8, 4) is 0 Å². The summed E-state index contributed by atoms with van der Waals surface area (Å²) < 4.78 is 20.4. The summed E-state index contributed by atoms with van der Waals surface area (Å²) in [6.45, 7) is 3.60. The van der Waals surface area contributed by atoms with Crippen molar-refractivity contribution < 1.29 is 9.13 Å². The quantitative estimate of drug-likeness (QED) is 0.434. The van der Waals surface area contributed by atoms with Gasteiger partial charge in [-0.05, 0) is 67.5 Å². The first-order valence-electron chi connectivity index (χ1n) is 11.3. The molecule has 0 atom stereocenters. The second-order valence-electron chi connectivity index (χ2n) is 8.59. The van der Waals surface area contributed by atoms with Gasteiger partial charge in [0.25, 0.3) is 0 Å². The van der Waals surface area contributed by atoms with Crippen LogP contribution in [0.25, 0.3) is 11.0 Å². The van der Waals surface area contributed by atoms with E-state index < -0.39 is 5.95 Å². The van der Waals surface area contributed by atoms with Crippen LogP contribution in [0, 0.1) is 12.9 Å². The van der Waals surface area contributed by atoms with Crippen molar-refractivity contribution in [1.82, 2.24) is 19.9 Å². The van der Waals surface area contributed by atoms with Crippen LogP contribution < -0.4 is 0 Å². The molecule has 5 rings (SSSR count). The summed E-state index contributed by atoms with van der Waals surface area (Å²) in [6, 6.07) is 10.0. The largest absolute Gasteiger partial charge is 0.381 e. The summed E-state index contributed by atoms with van der Waals surface area (Å²) in [5.41, 5.74) is 6.70. The topological polar surface area (TPSA) is 63.7 Å². The molecule has 5 heterocycles. The lowest BCUT2D eigenvalue weighted by molar-refractivity contribution is 0.0843. The molecule has 0 unspecified atom stereocenters. The maximum absolute atomic E-state index is 14.9. The molecule has 164 valence electrons. The van der Waals surface area contributed by atoms with Crippen molar-refractivity contribution >= 4 is 11.0 Å². The maximum Gasteiger partial charge on any atom is 0.216 e. The Kier molecular flexibility index (Phi) is 5.95. The molecule has 1 fully saturated rings. The van der Waals surface area contributed by atoms with Gasteiger partial charge in [-0.2, -0.15) is 4.39 Å². The third kappa shape index (κ3) is 4.41. The van der Waals surface area contributed by atoms with Crippen molar-refractivity contribution in [2.75, 3.05) is 13.2 Å². The van der Waals surface area contributed by atoms with Crippen molar-refractivity contribution in [3.05, 3.63) is 88.5 Å². The molecule has 1 aliphatic rings. The molecule has 0 aliphatic carbocycles. The maximum atomic E-state index is 14.9. The number of nitrogens with one attached hydrogen (secondary N) is 1. The number of hydrogen-bond acceptors (Lipinski definition) is 4. The van der Waals surface area contributed by atoms with Gasteiger partial charge in [-0.25, -0.2) is 9.97 Å². The molecule has 0 saturated carbocycles. The first-order valence-corrected chi connectivity index (χ1v) is 11.3. The molecule has 5 nitrogen and oxygen atoms in total. The first kappa shape index (κ1) is 20.8. The Morgan fingerprint density at radius 3 is 2.78 bits per heavy atom. The predicted octanol–water partition coefficient (Wildman–Crippen LogP) is 5.07. The highest BCUT2D eigenvalue weighted by Crippen LogP contribution is 2.28. The lowest BCUT2D eigenvalue weighted by Crippen LogP contribution is -2.17. The summed E-state index contributed by atoms with van der Waals surface area (Å²) >= 11 is 0. The standard InChI is InChI=1S/C26H27FN4O/c1-17-13-23-21(16-30-26(23)29-15-17)14-20-5-7-22(31-25(20)27)6-4-18-3-2-10-28-24(18)19-8-11-32-12-9-19/h2-3,5,7,10,13,15-16,19H,4,6,8-9,11-12,14H2,1H3,(H,29,30). The molecule has 4 aromatic heterocycles. The number of pyridine rings is 3. The van der Waals surface area contributed by atoms with E-state index in [1.807, 2.05) is 43.7 Å². The molecule has 1 N–H and O–H groups in total. The number of H-pyrrole nitrogens is 1. The van der Waals surface area contributed by atoms with E-state index >= 15 is 0 Å². The smallest absolute Gasteiger partial charge is 0.216 e. The molecule has 1 saturated heterocycles. The zero-order chi connectivity index (χ0) is 21.9. The Balaban J connectivity index is 1.30. The minimum atomic E-state index is -0.395. The van der Waals surface area contributed by atoms with Gasteiger partial charge in [0, 0.05) is 66.5 Å². The number of fused-ring (bicyclic) bond motifs is 1. The van der Waals surface area contributed by atoms with Gasteiger partial charge < -0.3 is 9.72 Å². The Morgan fingerprint density at radius 1 is 1.06 bits per heavy atom. The van der Waals surface area contributed by atoms with Crippen LogP contribution in [0.4, 0.5) is 4.39 Å². The highest BCUT2D eigenvalue weighted by molar-refractivity contribution is 5.80. The van der Waals surface area contributed by atoms with Gasteiger partial charge in [0.1, 0.15) is 5.65 Å². The molecule has 4 aromatic rings. The van der Waals surface area contributed by atoms with Gasteiger partial charge >= 0.3 is 0 Å². The lowest BCUT2D eigenvalue weighted by Gasteiger charge is -2.23. The predicted molar refractivity (Wildman–Crippen MR) is 122 cm³/mol. The minimum Gasteiger partial charge on any atom is -0.381 e. The van der Waals surface area contributed by atoms with E-state index in [1.54, 1.807) is 0 Å². The zero-order valence-corrected chi connectivity index (χ0v) is 18.3. The summed E-state index contributed by atoms with van der Waals surface area (Å²) in [6.07, 6.45) is 9.60. The Hall–Kier alpha value is -3.12. The van der Waals surface area contributed by atoms with E-state index in [9.17, 15) is 4.39 Å².